The molecule has 3 nitrogen and oxygen atoms in total. The Labute approximate surface area is 162 Å². The topological polar surface area (TPSA) is 55.1 Å². The SMILES string of the molecule is CC1[C@H]2C[C@@H](C[C@H]1NCc1ccc(-c3cccc(C(N)=O)c3)cc1)C2(C)C. The summed E-state index contributed by atoms with van der Waals surface area (Å²) in [6.07, 6.45) is 2.73. The quantitative estimate of drug-likeness (QED) is 0.816. The lowest BCUT2D eigenvalue weighted by Gasteiger charge is -2.62. The highest BCUT2D eigenvalue weighted by atomic mass is 16.1. The molecule has 3 aliphatic rings. The van der Waals surface area contributed by atoms with Crippen molar-refractivity contribution in [3.8, 4) is 11.1 Å². The van der Waals surface area contributed by atoms with E-state index in [1.807, 2.05) is 18.2 Å². The number of hydrogen-bond donors (Lipinski definition) is 2. The van der Waals surface area contributed by atoms with Crippen LogP contribution in [0.5, 0.6) is 0 Å². The lowest BCUT2D eigenvalue weighted by Crippen LogP contribution is -2.59. The first-order chi connectivity index (χ1) is 12.9. The van der Waals surface area contributed by atoms with Crippen molar-refractivity contribution in [1.82, 2.24) is 5.32 Å². The highest BCUT2D eigenvalue weighted by Gasteiger charge is 2.55. The number of carbonyl (C=O) groups is 1. The number of fused-ring (bicyclic) bond motifs is 2. The van der Waals surface area contributed by atoms with E-state index in [4.69, 9.17) is 5.73 Å². The van der Waals surface area contributed by atoms with Gasteiger partial charge in [0.15, 0.2) is 0 Å². The van der Waals surface area contributed by atoms with Crippen molar-refractivity contribution >= 4 is 5.91 Å². The standard InChI is InChI=1S/C24H30N2O/c1-15-21-12-20(24(21,2)3)13-22(15)26-14-16-7-9-17(10-8-16)18-5-4-6-19(11-18)23(25)27/h4-11,15,20-22,26H,12-14H2,1-3H3,(H2,25,27)/t15?,20-,21+,22+/m0/s1. The van der Waals surface area contributed by atoms with Gasteiger partial charge in [0.05, 0.1) is 0 Å². The molecule has 142 valence electrons. The van der Waals surface area contributed by atoms with Gasteiger partial charge in [-0.05, 0) is 64.8 Å². The summed E-state index contributed by atoms with van der Waals surface area (Å²) in [6.45, 7) is 8.24. The van der Waals surface area contributed by atoms with Crippen molar-refractivity contribution in [1.29, 1.82) is 0 Å². The van der Waals surface area contributed by atoms with Crippen LogP contribution < -0.4 is 11.1 Å². The second-order valence-corrected chi connectivity index (χ2v) is 9.08. The molecule has 3 aliphatic carbocycles. The summed E-state index contributed by atoms with van der Waals surface area (Å²) >= 11 is 0. The lowest BCUT2D eigenvalue weighted by atomic mass is 9.45. The smallest absolute Gasteiger partial charge is 0.248 e. The molecule has 0 radical (unpaired) electrons. The van der Waals surface area contributed by atoms with Crippen molar-refractivity contribution in [2.45, 2.75) is 46.2 Å². The van der Waals surface area contributed by atoms with Crippen LogP contribution in [0.25, 0.3) is 11.1 Å². The first kappa shape index (κ1) is 18.2. The number of hydrogen-bond acceptors (Lipinski definition) is 2. The van der Waals surface area contributed by atoms with Crippen LogP contribution in [-0.2, 0) is 6.54 Å². The minimum Gasteiger partial charge on any atom is -0.366 e. The lowest BCUT2D eigenvalue weighted by molar-refractivity contribution is -0.115. The molecule has 0 heterocycles. The molecule has 0 saturated heterocycles. The van der Waals surface area contributed by atoms with E-state index in [1.54, 1.807) is 6.07 Å². The third-order valence-electron chi connectivity index (χ3n) is 7.36. The maximum absolute atomic E-state index is 11.4. The Kier molecular flexibility index (Phi) is 4.59. The van der Waals surface area contributed by atoms with Crippen LogP contribution in [0.1, 0.15) is 49.5 Å². The van der Waals surface area contributed by atoms with E-state index in [9.17, 15) is 4.79 Å². The molecule has 3 saturated carbocycles. The molecule has 3 N–H and O–H groups in total. The van der Waals surface area contributed by atoms with Crippen molar-refractivity contribution < 1.29 is 4.79 Å². The average Bonchev–Trinajstić information content (AvgIpc) is 2.67. The van der Waals surface area contributed by atoms with E-state index in [1.165, 1.54) is 18.4 Å². The molecular formula is C24H30N2O. The summed E-state index contributed by atoms with van der Waals surface area (Å²) in [6, 6.07) is 16.7. The number of nitrogens with one attached hydrogen (secondary N) is 1. The maximum atomic E-state index is 11.4. The van der Waals surface area contributed by atoms with Gasteiger partial charge in [-0.15, -0.1) is 0 Å². The third kappa shape index (κ3) is 3.29. The molecule has 1 unspecified atom stereocenters. The van der Waals surface area contributed by atoms with Crippen LogP contribution in [0.2, 0.25) is 0 Å². The molecule has 2 aromatic carbocycles. The fraction of sp³-hybridized carbons (Fsp3) is 0.458. The first-order valence-electron chi connectivity index (χ1n) is 10.1. The van der Waals surface area contributed by atoms with Crippen LogP contribution >= 0.6 is 0 Å². The highest BCUT2D eigenvalue weighted by Crippen LogP contribution is 2.61. The first-order valence-corrected chi connectivity index (χ1v) is 10.1. The summed E-state index contributed by atoms with van der Waals surface area (Å²) in [7, 11) is 0. The van der Waals surface area contributed by atoms with Gasteiger partial charge in [-0.25, -0.2) is 0 Å². The molecule has 2 bridgehead atoms. The zero-order valence-electron chi connectivity index (χ0n) is 16.5. The van der Waals surface area contributed by atoms with Gasteiger partial charge in [-0.3, -0.25) is 4.79 Å². The number of rotatable bonds is 5. The minimum atomic E-state index is -0.388. The Morgan fingerprint density at radius 1 is 1.11 bits per heavy atom. The van der Waals surface area contributed by atoms with Crippen LogP contribution in [0, 0.1) is 23.2 Å². The second kappa shape index (κ2) is 6.79. The monoisotopic (exact) mass is 362 g/mol. The average molecular weight is 363 g/mol. The van der Waals surface area contributed by atoms with Gasteiger partial charge < -0.3 is 11.1 Å². The highest BCUT2D eigenvalue weighted by molar-refractivity contribution is 5.94. The van der Waals surface area contributed by atoms with E-state index in [0.29, 0.717) is 17.0 Å². The van der Waals surface area contributed by atoms with E-state index in [0.717, 1.165) is 35.4 Å². The molecule has 5 rings (SSSR count). The van der Waals surface area contributed by atoms with E-state index >= 15 is 0 Å². The van der Waals surface area contributed by atoms with E-state index in [-0.39, 0.29) is 5.91 Å². The van der Waals surface area contributed by atoms with Crippen molar-refractivity contribution in [2.24, 2.45) is 28.9 Å². The number of carbonyl (C=O) groups excluding carboxylic acids is 1. The van der Waals surface area contributed by atoms with Gasteiger partial charge in [-0.2, -0.15) is 0 Å². The molecule has 4 atom stereocenters. The molecule has 27 heavy (non-hydrogen) atoms. The summed E-state index contributed by atoms with van der Waals surface area (Å²) in [5, 5.41) is 3.81. The molecule has 0 spiro atoms. The Morgan fingerprint density at radius 3 is 2.48 bits per heavy atom. The fourth-order valence-electron chi connectivity index (χ4n) is 5.34. The van der Waals surface area contributed by atoms with Gasteiger partial charge in [0.25, 0.3) is 0 Å². The zero-order valence-corrected chi connectivity index (χ0v) is 16.5. The maximum Gasteiger partial charge on any atom is 0.248 e. The molecule has 2 aromatic rings. The van der Waals surface area contributed by atoms with Gasteiger partial charge in [0.1, 0.15) is 0 Å². The molecule has 3 heteroatoms. The Bertz CT molecular complexity index is 840. The Hall–Kier alpha value is -2.13. The molecular weight excluding hydrogens is 332 g/mol. The molecule has 1 amide bonds. The Balaban J connectivity index is 1.39. The number of nitrogens with two attached hydrogens (primary N) is 1. The van der Waals surface area contributed by atoms with E-state index < -0.39 is 0 Å². The van der Waals surface area contributed by atoms with Crippen molar-refractivity contribution in [3.63, 3.8) is 0 Å². The minimum absolute atomic E-state index is 0.388. The molecule has 0 aromatic heterocycles. The predicted octanol–water partition coefficient (Wildman–Crippen LogP) is 4.61. The van der Waals surface area contributed by atoms with Crippen LogP contribution in [0.15, 0.2) is 48.5 Å². The van der Waals surface area contributed by atoms with Crippen LogP contribution in [0.4, 0.5) is 0 Å². The Morgan fingerprint density at radius 2 is 1.85 bits per heavy atom. The number of primary amides is 1. The van der Waals surface area contributed by atoms with Crippen LogP contribution in [-0.4, -0.2) is 11.9 Å². The van der Waals surface area contributed by atoms with E-state index in [2.05, 4.69) is 50.4 Å². The summed E-state index contributed by atoms with van der Waals surface area (Å²) in [5.74, 6) is 2.12. The predicted molar refractivity (Wildman–Crippen MR) is 110 cm³/mol. The fourth-order valence-corrected chi connectivity index (χ4v) is 5.34. The van der Waals surface area contributed by atoms with Gasteiger partial charge >= 0.3 is 0 Å². The number of benzene rings is 2. The normalized spacial score (nSPS) is 28.4. The zero-order chi connectivity index (χ0) is 19.2. The largest absolute Gasteiger partial charge is 0.366 e. The molecule has 0 aliphatic heterocycles. The molecule has 3 fully saturated rings. The third-order valence-corrected chi connectivity index (χ3v) is 7.36. The van der Waals surface area contributed by atoms with Gasteiger partial charge in [0.2, 0.25) is 5.91 Å². The summed E-state index contributed by atoms with van der Waals surface area (Å²) in [5.41, 5.74) is 9.91. The van der Waals surface area contributed by atoms with Gasteiger partial charge in [-0.1, -0.05) is 57.2 Å². The van der Waals surface area contributed by atoms with Crippen molar-refractivity contribution in [3.05, 3.63) is 59.7 Å². The van der Waals surface area contributed by atoms with Crippen LogP contribution in [0.3, 0.4) is 0 Å². The summed E-state index contributed by atoms with van der Waals surface area (Å²) < 4.78 is 0. The summed E-state index contributed by atoms with van der Waals surface area (Å²) in [4.78, 5) is 11.4. The van der Waals surface area contributed by atoms with Gasteiger partial charge in [0, 0.05) is 18.2 Å². The number of amides is 1. The van der Waals surface area contributed by atoms with Crippen molar-refractivity contribution in [2.75, 3.05) is 0 Å². The second-order valence-electron chi connectivity index (χ2n) is 9.08.